The van der Waals surface area contributed by atoms with Crippen molar-refractivity contribution in [2.75, 3.05) is 10.6 Å². The number of nitrogens with one attached hydrogen (secondary N) is 2. The van der Waals surface area contributed by atoms with Crippen molar-refractivity contribution in [2.24, 2.45) is 0 Å². The van der Waals surface area contributed by atoms with Crippen molar-refractivity contribution in [1.82, 2.24) is 9.97 Å². The highest BCUT2D eigenvalue weighted by Gasteiger charge is 2.08. The number of benzene rings is 2. The molecule has 0 unspecified atom stereocenters. The van der Waals surface area contributed by atoms with Crippen LogP contribution in [-0.2, 0) is 0 Å². The summed E-state index contributed by atoms with van der Waals surface area (Å²) < 4.78 is 0. The first-order chi connectivity index (χ1) is 12.0. The molecule has 5 nitrogen and oxygen atoms in total. The lowest BCUT2D eigenvalue weighted by molar-refractivity contribution is 0.102. The fourth-order valence-corrected chi connectivity index (χ4v) is 2.55. The van der Waals surface area contributed by atoms with E-state index in [4.69, 9.17) is 11.6 Å². The van der Waals surface area contributed by atoms with Crippen LogP contribution in [0.25, 0.3) is 0 Å². The Morgan fingerprint density at radius 1 is 0.920 bits per heavy atom. The number of nitrogens with zero attached hydrogens (tertiary/aromatic N) is 2. The van der Waals surface area contributed by atoms with Crippen LogP contribution in [0.3, 0.4) is 0 Å². The molecule has 0 atom stereocenters. The third-order valence-corrected chi connectivity index (χ3v) is 3.75. The van der Waals surface area contributed by atoms with Gasteiger partial charge < -0.3 is 10.6 Å². The fraction of sp³-hybridized carbons (Fsp3) is 0.105. The molecule has 0 aliphatic heterocycles. The summed E-state index contributed by atoms with van der Waals surface area (Å²) in [5.41, 5.74) is 4.15. The monoisotopic (exact) mass is 352 g/mol. The van der Waals surface area contributed by atoms with Crippen molar-refractivity contribution in [1.29, 1.82) is 0 Å². The molecule has 2 N–H and O–H groups in total. The molecule has 1 amide bonds. The van der Waals surface area contributed by atoms with Crippen LogP contribution in [0, 0.1) is 13.8 Å². The molecule has 0 aliphatic carbocycles. The summed E-state index contributed by atoms with van der Waals surface area (Å²) in [7, 11) is 0. The standard InChI is InChI=1S/C19H17ClN4O/c1-12-7-13(2)9-17(8-12)23-18(25)14-10-21-19(22-11-14)24-16-5-3-15(20)4-6-16/h3-11H,1-2H3,(H,23,25)(H,21,22,24). The summed E-state index contributed by atoms with van der Waals surface area (Å²) in [5, 5.41) is 6.57. The molecule has 0 saturated carbocycles. The maximum atomic E-state index is 12.3. The Balaban J connectivity index is 1.68. The van der Waals surface area contributed by atoms with Gasteiger partial charge in [-0.3, -0.25) is 4.79 Å². The first-order valence-corrected chi connectivity index (χ1v) is 8.12. The molecule has 2 aromatic carbocycles. The van der Waals surface area contributed by atoms with Crippen LogP contribution in [-0.4, -0.2) is 15.9 Å². The number of hydrogen-bond donors (Lipinski definition) is 2. The van der Waals surface area contributed by atoms with E-state index in [1.807, 2.05) is 38.1 Å². The highest BCUT2D eigenvalue weighted by Crippen LogP contribution is 2.17. The molecule has 3 aromatic rings. The number of halogens is 1. The minimum atomic E-state index is -0.247. The topological polar surface area (TPSA) is 66.9 Å². The van der Waals surface area contributed by atoms with Crippen LogP contribution in [0.5, 0.6) is 0 Å². The van der Waals surface area contributed by atoms with Crippen molar-refractivity contribution in [3.05, 3.63) is 76.6 Å². The Labute approximate surface area is 151 Å². The van der Waals surface area contributed by atoms with Gasteiger partial charge in [0.2, 0.25) is 5.95 Å². The van der Waals surface area contributed by atoms with E-state index in [1.54, 1.807) is 12.1 Å². The van der Waals surface area contributed by atoms with Crippen LogP contribution in [0.4, 0.5) is 17.3 Å². The maximum Gasteiger partial charge on any atom is 0.258 e. The van der Waals surface area contributed by atoms with Gasteiger partial charge in [-0.1, -0.05) is 17.7 Å². The molecule has 1 heterocycles. The number of aromatic nitrogens is 2. The smallest absolute Gasteiger partial charge is 0.258 e. The average Bonchev–Trinajstić information content (AvgIpc) is 2.56. The van der Waals surface area contributed by atoms with Gasteiger partial charge in [0.1, 0.15) is 0 Å². The number of rotatable bonds is 4. The van der Waals surface area contributed by atoms with Crippen molar-refractivity contribution >= 4 is 34.8 Å². The molecule has 1 aromatic heterocycles. The number of hydrogen-bond acceptors (Lipinski definition) is 4. The van der Waals surface area contributed by atoms with E-state index >= 15 is 0 Å². The number of amides is 1. The molecule has 0 saturated heterocycles. The third-order valence-electron chi connectivity index (χ3n) is 3.49. The van der Waals surface area contributed by atoms with Gasteiger partial charge in [0.25, 0.3) is 5.91 Å². The number of carbonyl (C=O) groups is 1. The lowest BCUT2D eigenvalue weighted by Gasteiger charge is -2.08. The minimum Gasteiger partial charge on any atom is -0.324 e. The van der Waals surface area contributed by atoms with Gasteiger partial charge in [0, 0.05) is 28.8 Å². The summed E-state index contributed by atoms with van der Waals surface area (Å²) in [6.45, 7) is 3.98. The average molecular weight is 353 g/mol. The Morgan fingerprint density at radius 3 is 2.12 bits per heavy atom. The van der Waals surface area contributed by atoms with Gasteiger partial charge in [0.15, 0.2) is 0 Å². The zero-order valence-corrected chi connectivity index (χ0v) is 14.6. The molecular formula is C19H17ClN4O. The van der Waals surface area contributed by atoms with Crippen molar-refractivity contribution < 1.29 is 4.79 Å². The highest BCUT2D eigenvalue weighted by atomic mass is 35.5. The maximum absolute atomic E-state index is 12.3. The van der Waals surface area contributed by atoms with Gasteiger partial charge >= 0.3 is 0 Å². The van der Waals surface area contributed by atoms with E-state index in [9.17, 15) is 4.79 Å². The van der Waals surface area contributed by atoms with E-state index in [-0.39, 0.29) is 5.91 Å². The Kier molecular flexibility index (Phi) is 4.95. The normalized spacial score (nSPS) is 10.4. The van der Waals surface area contributed by atoms with Gasteiger partial charge in [-0.2, -0.15) is 0 Å². The zero-order valence-electron chi connectivity index (χ0n) is 13.9. The molecule has 6 heteroatoms. The summed E-state index contributed by atoms with van der Waals surface area (Å²) in [4.78, 5) is 20.7. The van der Waals surface area contributed by atoms with Crippen LogP contribution in [0.2, 0.25) is 5.02 Å². The van der Waals surface area contributed by atoms with Gasteiger partial charge in [-0.15, -0.1) is 0 Å². The largest absolute Gasteiger partial charge is 0.324 e. The van der Waals surface area contributed by atoms with Gasteiger partial charge in [-0.05, 0) is 61.4 Å². The second-order valence-corrected chi connectivity index (χ2v) is 6.19. The zero-order chi connectivity index (χ0) is 17.8. The van der Waals surface area contributed by atoms with Gasteiger partial charge in [0.05, 0.1) is 5.56 Å². The Hall–Kier alpha value is -2.92. The molecule has 0 radical (unpaired) electrons. The van der Waals surface area contributed by atoms with E-state index in [1.165, 1.54) is 12.4 Å². The molecule has 0 bridgehead atoms. The van der Waals surface area contributed by atoms with Crippen molar-refractivity contribution in [3.63, 3.8) is 0 Å². The SMILES string of the molecule is Cc1cc(C)cc(NC(=O)c2cnc(Nc3ccc(Cl)cc3)nc2)c1. The Morgan fingerprint density at radius 2 is 1.52 bits per heavy atom. The summed E-state index contributed by atoms with van der Waals surface area (Å²) in [5.74, 6) is 0.160. The summed E-state index contributed by atoms with van der Waals surface area (Å²) in [6.07, 6.45) is 2.98. The van der Waals surface area contributed by atoms with Crippen molar-refractivity contribution in [3.8, 4) is 0 Å². The second-order valence-electron chi connectivity index (χ2n) is 5.76. The quantitative estimate of drug-likeness (QED) is 0.711. The lowest BCUT2D eigenvalue weighted by Crippen LogP contribution is -2.13. The molecule has 0 fully saturated rings. The number of aryl methyl sites for hydroxylation is 2. The predicted octanol–water partition coefficient (Wildman–Crippen LogP) is 4.74. The lowest BCUT2D eigenvalue weighted by atomic mass is 10.1. The number of anilines is 3. The van der Waals surface area contributed by atoms with E-state index in [0.717, 1.165) is 22.5 Å². The molecule has 126 valence electrons. The summed E-state index contributed by atoms with van der Waals surface area (Å²) in [6, 6.07) is 13.1. The molecule has 3 rings (SSSR count). The highest BCUT2D eigenvalue weighted by molar-refractivity contribution is 6.30. The predicted molar refractivity (Wildman–Crippen MR) is 101 cm³/mol. The molecular weight excluding hydrogens is 336 g/mol. The van der Waals surface area contributed by atoms with Crippen LogP contribution in [0.15, 0.2) is 54.9 Å². The first-order valence-electron chi connectivity index (χ1n) is 7.74. The van der Waals surface area contributed by atoms with Crippen molar-refractivity contribution in [2.45, 2.75) is 13.8 Å². The summed E-state index contributed by atoms with van der Waals surface area (Å²) >= 11 is 5.85. The Bertz CT molecular complexity index is 872. The minimum absolute atomic E-state index is 0.247. The van der Waals surface area contributed by atoms with Gasteiger partial charge in [-0.25, -0.2) is 9.97 Å². The first kappa shape index (κ1) is 16.9. The molecule has 0 aliphatic rings. The fourth-order valence-electron chi connectivity index (χ4n) is 2.42. The van der Waals surface area contributed by atoms with E-state index in [2.05, 4.69) is 26.7 Å². The van der Waals surface area contributed by atoms with E-state index in [0.29, 0.717) is 16.5 Å². The second kappa shape index (κ2) is 7.32. The van der Waals surface area contributed by atoms with E-state index < -0.39 is 0 Å². The molecule has 25 heavy (non-hydrogen) atoms. The van der Waals surface area contributed by atoms with Crippen LogP contribution in [0.1, 0.15) is 21.5 Å². The van der Waals surface area contributed by atoms with Crippen LogP contribution >= 0.6 is 11.6 Å². The third kappa shape index (κ3) is 4.55. The number of carbonyl (C=O) groups excluding carboxylic acids is 1. The molecule has 0 spiro atoms. The van der Waals surface area contributed by atoms with Crippen LogP contribution < -0.4 is 10.6 Å².